The van der Waals surface area contributed by atoms with Crippen LogP contribution >= 0.6 is 12.4 Å². The Morgan fingerprint density at radius 2 is 2.00 bits per heavy atom. The lowest BCUT2D eigenvalue weighted by molar-refractivity contribution is -0.122. The van der Waals surface area contributed by atoms with Crippen molar-refractivity contribution in [3.63, 3.8) is 0 Å². The normalized spacial score (nSPS) is 24.5. The summed E-state index contributed by atoms with van der Waals surface area (Å²) in [5, 5.41) is 3.19. The Morgan fingerprint density at radius 3 is 2.47 bits per heavy atom. The molecule has 4 heteroatoms. The molecule has 0 spiro atoms. The summed E-state index contributed by atoms with van der Waals surface area (Å²) >= 11 is 0. The number of rotatable bonds is 2. The SMILES string of the molecule is Cl.NC(=O)C1(c2ccccc2)CCNC1. The van der Waals surface area contributed by atoms with Gasteiger partial charge in [-0.2, -0.15) is 0 Å². The molecule has 1 saturated heterocycles. The van der Waals surface area contributed by atoms with Crippen molar-refractivity contribution in [1.82, 2.24) is 5.32 Å². The smallest absolute Gasteiger partial charge is 0.229 e. The van der Waals surface area contributed by atoms with Gasteiger partial charge in [-0.15, -0.1) is 12.4 Å². The van der Waals surface area contributed by atoms with Crippen molar-refractivity contribution in [3.8, 4) is 0 Å². The van der Waals surface area contributed by atoms with Crippen molar-refractivity contribution in [2.75, 3.05) is 13.1 Å². The predicted molar refractivity (Wildman–Crippen MR) is 62.0 cm³/mol. The summed E-state index contributed by atoms with van der Waals surface area (Å²) < 4.78 is 0. The Morgan fingerprint density at radius 1 is 1.33 bits per heavy atom. The minimum atomic E-state index is -0.485. The van der Waals surface area contributed by atoms with E-state index in [2.05, 4.69) is 5.32 Å². The number of halogens is 1. The van der Waals surface area contributed by atoms with Gasteiger partial charge in [0.15, 0.2) is 0 Å². The number of nitrogens with two attached hydrogens (primary N) is 1. The molecule has 0 radical (unpaired) electrons. The summed E-state index contributed by atoms with van der Waals surface area (Å²) in [5.41, 5.74) is 6.03. The van der Waals surface area contributed by atoms with Crippen LogP contribution in [0.2, 0.25) is 0 Å². The molecule has 3 N–H and O–H groups in total. The molecule has 82 valence electrons. The van der Waals surface area contributed by atoms with Gasteiger partial charge in [0, 0.05) is 6.54 Å². The number of primary amides is 1. The van der Waals surface area contributed by atoms with Crippen LogP contribution in [0.15, 0.2) is 30.3 Å². The number of benzene rings is 1. The molecule has 1 atom stereocenters. The highest BCUT2D eigenvalue weighted by atomic mass is 35.5. The zero-order valence-electron chi connectivity index (χ0n) is 8.40. The number of carbonyl (C=O) groups excluding carboxylic acids is 1. The molecule has 1 unspecified atom stereocenters. The average Bonchev–Trinajstić information content (AvgIpc) is 2.69. The highest BCUT2D eigenvalue weighted by molar-refractivity contribution is 5.87. The van der Waals surface area contributed by atoms with Crippen molar-refractivity contribution in [2.24, 2.45) is 5.73 Å². The van der Waals surface area contributed by atoms with E-state index < -0.39 is 5.41 Å². The molecule has 1 amide bonds. The van der Waals surface area contributed by atoms with Crippen molar-refractivity contribution in [3.05, 3.63) is 35.9 Å². The summed E-state index contributed by atoms with van der Waals surface area (Å²) in [4.78, 5) is 11.5. The maximum Gasteiger partial charge on any atom is 0.229 e. The fourth-order valence-electron chi connectivity index (χ4n) is 2.05. The molecule has 0 aliphatic carbocycles. The molecule has 1 heterocycles. The zero-order valence-corrected chi connectivity index (χ0v) is 9.22. The predicted octanol–water partition coefficient (Wildman–Crippen LogP) is 0.825. The summed E-state index contributed by atoms with van der Waals surface area (Å²) in [6, 6.07) is 9.77. The van der Waals surface area contributed by atoms with Crippen LogP contribution in [0.5, 0.6) is 0 Å². The molecule has 3 nitrogen and oxygen atoms in total. The second-order valence-electron chi connectivity index (χ2n) is 3.74. The van der Waals surface area contributed by atoms with Gasteiger partial charge >= 0.3 is 0 Å². The van der Waals surface area contributed by atoms with Crippen LogP contribution in [0.3, 0.4) is 0 Å². The lowest BCUT2D eigenvalue weighted by atomic mass is 9.79. The summed E-state index contributed by atoms with van der Waals surface area (Å²) in [6.45, 7) is 1.52. The molecular weight excluding hydrogens is 212 g/mol. The molecule has 0 bridgehead atoms. The van der Waals surface area contributed by atoms with Gasteiger partial charge in [-0.3, -0.25) is 4.79 Å². The molecular formula is C11H15ClN2O. The molecule has 1 aromatic carbocycles. The first kappa shape index (κ1) is 12.0. The summed E-state index contributed by atoms with van der Waals surface area (Å²) in [7, 11) is 0. The Balaban J connectivity index is 0.00000112. The summed E-state index contributed by atoms with van der Waals surface area (Å²) in [6.07, 6.45) is 0.798. The monoisotopic (exact) mass is 226 g/mol. The van der Waals surface area contributed by atoms with Gasteiger partial charge in [0.05, 0.1) is 5.41 Å². The molecule has 1 aliphatic heterocycles. The van der Waals surface area contributed by atoms with E-state index in [0.717, 1.165) is 18.5 Å². The Hall–Kier alpha value is -1.06. The largest absolute Gasteiger partial charge is 0.369 e. The van der Waals surface area contributed by atoms with E-state index in [0.29, 0.717) is 6.54 Å². The minimum absolute atomic E-state index is 0. The van der Waals surface area contributed by atoms with Crippen LogP contribution in [-0.2, 0) is 10.2 Å². The van der Waals surface area contributed by atoms with Crippen molar-refractivity contribution in [2.45, 2.75) is 11.8 Å². The Labute approximate surface area is 95.5 Å². The van der Waals surface area contributed by atoms with E-state index in [9.17, 15) is 4.79 Å². The van der Waals surface area contributed by atoms with E-state index >= 15 is 0 Å². The van der Waals surface area contributed by atoms with Crippen molar-refractivity contribution in [1.29, 1.82) is 0 Å². The number of nitrogens with one attached hydrogen (secondary N) is 1. The number of carbonyl (C=O) groups is 1. The fourth-order valence-corrected chi connectivity index (χ4v) is 2.05. The third kappa shape index (κ3) is 1.98. The first-order valence-electron chi connectivity index (χ1n) is 4.82. The van der Waals surface area contributed by atoms with E-state index in [-0.39, 0.29) is 18.3 Å². The summed E-state index contributed by atoms with van der Waals surface area (Å²) in [5.74, 6) is -0.228. The van der Waals surface area contributed by atoms with Crippen LogP contribution in [0.4, 0.5) is 0 Å². The van der Waals surface area contributed by atoms with Gasteiger partial charge in [-0.25, -0.2) is 0 Å². The van der Waals surface area contributed by atoms with E-state index in [1.807, 2.05) is 30.3 Å². The molecule has 1 fully saturated rings. The van der Waals surface area contributed by atoms with E-state index in [1.165, 1.54) is 0 Å². The van der Waals surface area contributed by atoms with Gasteiger partial charge in [0.1, 0.15) is 0 Å². The van der Waals surface area contributed by atoms with Crippen molar-refractivity contribution < 1.29 is 4.79 Å². The Kier molecular flexibility index (Phi) is 3.72. The molecule has 1 aromatic rings. The molecule has 15 heavy (non-hydrogen) atoms. The Bertz CT molecular complexity index is 334. The van der Waals surface area contributed by atoms with Gasteiger partial charge in [0.2, 0.25) is 5.91 Å². The molecule has 2 rings (SSSR count). The quantitative estimate of drug-likeness (QED) is 0.785. The average molecular weight is 227 g/mol. The van der Waals surface area contributed by atoms with Crippen LogP contribution < -0.4 is 11.1 Å². The van der Waals surface area contributed by atoms with E-state index in [1.54, 1.807) is 0 Å². The van der Waals surface area contributed by atoms with Gasteiger partial charge in [-0.1, -0.05) is 30.3 Å². The lowest BCUT2D eigenvalue weighted by Gasteiger charge is -2.24. The first-order chi connectivity index (χ1) is 6.76. The van der Waals surface area contributed by atoms with E-state index in [4.69, 9.17) is 5.73 Å². The van der Waals surface area contributed by atoms with Crippen LogP contribution in [0.1, 0.15) is 12.0 Å². The highest BCUT2D eigenvalue weighted by Gasteiger charge is 2.40. The molecule has 0 saturated carbocycles. The zero-order chi connectivity index (χ0) is 10.0. The van der Waals surface area contributed by atoms with Crippen molar-refractivity contribution >= 4 is 18.3 Å². The maximum absolute atomic E-state index is 11.5. The van der Waals surface area contributed by atoms with Gasteiger partial charge in [0.25, 0.3) is 0 Å². The van der Waals surface area contributed by atoms with Crippen LogP contribution in [-0.4, -0.2) is 19.0 Å². The molecule has 0 aromatic heterocycles. The molecule has 1 aliphatic rings. The highest BCUT2D eigenvalue weighted by Crippen LogP contribution is 2.29. The second kappa shape index (κ2) is 4.64. The van der Waals surface area contributed by atoms with Gasteiger partial charge < -0.3 is 11.1 Å². The van der Waals surface area contributed by atoms with Crippen LogP contribution in [0, 0.1) is 0 Å². The number of hydrogen-bond donors (Lipinski definition) is 2. The topological polar surface area (TPSA) is 55.1 Å². The lowest BCUT2D eigenvalue weighted by Crippen LogP contribution is -2.42. The third-order valence-electron chi connectivity index (χ3n) is 2.95. The van der Waals surface area contributed by atoms with Crippen LogP contribution in [0.25, 0.3) is 0 Å². The third-order valence-corrected chi connectivity index (χ3v) is 2.95. The standard InChI is InChI=1S/C11H14N2O.ClH/c12-10(14)11(6-7-13-8-11)9-4-2-1-3-5-9;/h1-5,13H,6-8H2,(H2,12,14);1H. The minimum Gasteiger partial charge on any atom is -0.369 e. The second-order valence-corrected chi connectivity index (χ2v) is 3.74. The van der Waals surface area contributed by atoms with Gasteiger partial charge in [-0.05, 0) is 18.5 Å². The number of amides is 1. The maximum atomic E-state index is 11.5. The first-order valence-corrected chi connectivity index (χ1v) is 4.82. The fraction of sp³-hybridized carbons (Fsp3) is 0.364. The number of hydrogen-bond acceptors (Lipinski definition) is 2.